The van der Waals surface area contributed by atoms with Gasteiger partial charge in [0, 0.05) is 12.7 Å². The maximum Gasteiger partial charge on any atom is 0.286 e. The monoisotopic (exact) mass is 313 g/mol. The van der Waals surface area contributed by atoms with E-state index in [0.29, 0.717) is 10.8 Å². The quantitative estimate of drug-likeness (QED) is 0.753. The number of aromatic nitrogens is 2. The number of benzene rings is 1. The molecule has 0 unspecified atom stereocenters. The minimum absolute atomic E-state index is 0.0801. The lowest BCUT2D eigenvalue weighted by molar-refractivity contribution is 0.102. The number of nitrogens with zero attached hydrogens (tertiary/aromatic N) is 2. The molecule has 2 aromatic rings. The summed E-state index contributed by atoms with van der Waals surface area (Å²) in [7, 11) is -2.15. The first-order chi connectivity index (χ1) is 9.40. The van der Waals surface area contributed by atoms with Gasteiger partial charge >= 0.3 is 0 Å². The number of sulfonamides is 1. The van der Waals surface area contributed by atoms with Gasteiger partial charge < -0.3 is 10.6 Å². The van der Waals surface area contributed by atoms with E-state index < -0.39 is 15.9 Å². The normalized spacial score (nSPS) is 11.1. The van der Waals surface area contributed by atoms with Crippen molar-refractivity contribution >= 4 is 38.1 Å². The van der Waals surface area contributed by atoms with Crippen molar-refractivity contribution < 1.29 is 13.2 Å². The Morgan fingerprint density at radius 1 is 1.35 bits per heavy atom. The summed E-state index contributed by atoms with van der Waals surface area (Å²) in [5.41, 5.74) is 0.308. The van der Waals surface area contributed by atoms with Gasteiger partial charge in [-0.1, -0.05) is 17.4 Å². The number of amides is 1. The van der Waals surface area contributed by atoms with E-state index in [2.05, 4.69) is 20.8 Å². The molecule has 106 valence electrons. The molecule has 0 fully saturated rings. The van der Waals surface area contributed by atoms with Gasteiger partial charge in [0.2, 0.25) is 20.2 Å². The fraction of sp³-hybridized carbons (Fsp3) is 0.100. The Balaban J connectivity index is 2.20. The molecule has 10 heteroatoms. The molecule has 20 heavy (non-hydrogen) atoms. The second-order valence-corrected chi connectivity index (χ2v) is 6.23. The second kappa shape index (κ2) is 5.53. The van der Waals surface area contributed by atoms with Crippen LogP contribution in [0.1, 0.15) is 9.80 Å². The number of carbonyl (C=O) groups is 1. The van der Waals surface area contributed by atoms with Gasteiger partial charge in [0.15, 0.2) is 0 Å². The van der Waals surface area contributed by atoms with Gasteiger partial charge in [-0.3, -0.25) is 4.79 Å². The van der Waals surface area contributed by atoms with Crippen LogP contribution in [0.3, 0.4) is 0 Å². The van der Waals surface area contributed by atoms with Crippen molar-refractivity contribution in [1.29, 1.82) is 0 Å². The van der Waals surface area contributed by atoms with Gasteiger partial charge in [-0.15, -0.1) is 10.2 Å². The Hall–Kier alpha value is -2.04. The molecule has 1 amide bonds. The van der Waals surface area contributed by atoms with Crippen LogP contribution in [-0.2, 0) is 10.0 Å². The first-order valence-electron chi connectivity index (χ1n) is 5.35. The number of carbonyl (C=O) groups excluding carboxylic acids is 1. The smallest absolute Gasteiger partial charge is 0.286 e. The molecule has 1 aromatic heterocycles. The molecule has 1 heterocycles. The van der Waals surface area contributed by atoms with E-state index >= 15 is 0 Å². The summed E-state index contributed by atoms with van der Waals surface area (Å²) < 4.78 is 22.4. The fourth-order valence-corrected chi connectivity index (χ4v) is 2.50. The molecule has 1 aromatic carbocycles. The molecule has 0 bridgehead atoms. The summed E-state index contributed by atoms with van der Waals surface area (Å²) in [5.74, 6) is -0.476. The van der Waals surface area contributed by atoms with Crippen LogP contribution < -0.4 is 15.8 Å². The maximum atomic E-state index is 11.9. The van der Waals surface area contributed by atoms with Crippen LogP contribution in [0.4, 0.5) is 10.8 Å². The van der Waals surface area contributed by atoms with Crippen LogP contribution in [0.15, 0.2) is 29.2 Å². The minimum atomic E-state index is -3.81. The average molecular weight is 313 g/mol. The van der Waals surface area contributed by atoms with Crippen molar-refractivity contribution in [2.24, 2.45) is 5.14 Å². The molecule has 0 spiro atoms. The Bertz CT molecular complexity index is 741. The third-order valence-corrected chi connectivity index (χ3v) is 4.10. The van der Waals surface area contributed by atoms with Gasteiger partial charge in [0.25, 0.3) is 5.91 Å². The Labute approximate surface area is 119 Å². The predicted molar refractivity (Wildman–Crippen MR) is 75.2 cm³/mol. The largest absolute Gasteiger partial charge is 0.363 e. The van der Waals surface area contributed by atoms with Crippen molar-refractivity contribution in [3.63, 3.8) is 0 Å². The first-order valence-corrected chi connectivity index (χ1v) is 7.72. The summed E-state index contributed by atoms with van der Waals surface area (Å²) in [4.78, 5) is 11.8. The first kappa shape index (κ1) is 14.4. The fourth-order valence-electron chi connectivity index (χ4n) is 1.35. The van der Waals surface area contributed by atoms with Crippen molar-refractivity contribution in [2.75, 3.05) is 17.7 Å². The van der Waals surface area contributed by atoms with Gasteiger partial charge in [0.05, 0.1) is 4.90 Å². The number of hydrogen-bond acceptors (Lipinski definition) is 7. The van der Waals surface area contributed by atoms with Crippen molar-refractivity contribution in [2.45, 2.75) is 4.90 Å². The lowest BCUT2D eigenvalue weighted by Crippen LogP contribution is -2.14. The zero-order valence-electron chi connectivity index (χ0n) is 10.3. The molecule has 0 saturated carbocycles. The van der Waals surface area contributed by atoms with E-state index in [-0.39, 0.29) is 9.90 Å². The molecule has 0 aliphatic carbocycles. The predicted octanol–water partition coefficient (Wildman–Crippen LogP) is 0.480. The topological polar surface area (TPSA) is 127 Å². The van der Waals surface area contributed by atoms with Crippen LogP contribution in [0, 0.1) is 0 Å². The Morgan fingerprint density at radius 3 is 2.70 bits per heavy atom. The van der Waals surface area contributed by atoms with Gasteiger partial charge in [-0.25, -0.2) is 13.6 Å². The molecular weight excluding hydrogens is 302 g/mol. The molecule has 0 saturated heterocycles. The van der Waals surface area contributed by atoms with Crippen LogP contribution >= 0.6 is 11.3 Å². The molecule has 0 aliphatic heterocycles. The molecular formula is C10H11N5O3S2. The van der Waals surface area contributed by atoms with Crippen LogP contribution in [-0.4, -0.2) is 31.6 Å². The minimum Gasteiger partial charge on any atom is -0.363 e. The van der Waals surface area contributed by atoms with E-state index in [4.69, 9.17) is 5.14 Å². The summed E-state index contributed by atoms with van der Waals surface area (Å²) in [5, 5.41) is 18.4. The average Bonchev–Trinajstić information content (AvgIpc) is 2.87. The molecule has 8 nitrogen and oxygen atoms in total. The van der Waals surface area contributed by atoms with Gasteiger partial charge in [-0.2, -0.15) is 0 Å². The van der Waals surface area contributed by atoms with Crippen molar-refractivity contribution in [1.82, 2.24) is 10.2 Å². The summed E-state index contributed by atoms with van der Waals surface area (Å²) >= 11 is 1.08. The highest BCUT2D eigenvalue weighted by Crippen LogP contribution is 2.18. The molecule has 2 rings (SSSR count). The van der Waals surface area contributed by atoms with E-state index in [1.807, 2.05) is 0 Å². The lowest BCUT2D eigenvalue weighted by atomic mass is 10.3. The highest BCUT2D eigenvalue weighted by Gasteiger charge is 2.14. The molecule has 0 radical (unpaired) electrons. The Kier molecular flexibility index (Phi) is 3.97. The van der Waals surface area contributed by atoms with Gasteiger partial charge in [0.1, 0.15) is 0 Å². The van der Waals surface area contributed by atoms with E-state index in [1.54, 1.807) is 13.1 Å². The summed E-state index contributed by atoms with van der Waals surface area (Å²) in [6, 6.07) is 5.64. The SMILES string of the molecule is CNc1nnc(C(=O)Nc2cccc(S(N)(=O)=O)c2)s1. The zero-order chi connectivity index (χ0) is 14.8. The highest BCUT2D eigenvalue weighted by atomic mass is 32.2. The number of nitrogens with two attached hydrogens (primary N) is 1. The summed E-state index contributed by atoms with van der Waals surface area (Å²) in [6.07, 6.45) is 0. The highest BCUT2D eigenvalue weighted by molar-refractivity contribution is 7.89. The number of rotatable bonds is 4. The van der Waals surface area contributed by atoms with E-state index in [1.165, 1.54) is 18.2 Å². The van der Waals surface area contributed by atoms with E-state index in [9.17, 15) is 13.2 Å². The van der Waals surface area contributed by atoms with Crippen molar-refractivity contribution in [3.05, 3.63) is 29.3 Å². The van der Waals surface area contributed by atoms with E-state index in [0.717, 1.165) is 11.3 Å². The maximum absolute atomic E-state index is 11.9. The molecule has 0 aliphatic rings. The second-order valence-electron chi connectivity index (χ2n) is 3.69. The van der Waals surface area contributed by atoms with Crippen LogP contribution in [0.5, 0.6) is 0 Å². The summed E-state index contributed by atoms with van der Waals surface area (Å²) in [6.45, 7) is 0. The number of primary sulfonamides is 1. The molecule has 0 atom stereocenters. The number of nitrogens with one attached hydrogen (secondary N) is 2. The van der Waals surface area contributed by atoms with Crippen LogP contribution in [0.25, 0.3) is 0 Å². The lowest BCUT2D eigenvalue weighted by Gasteiger charge is -2.04. The third-order valence-electron chi connectivity index (χ3n) is 2.25. The number of anilines is 2. The third kappa shape index (κ3) is 3.29. The Morgan fingerprint density at radius 2 is 2.10 bits per heavy atom. The zero-order valence-corrected chi connectivity index (χ0v) is 12.0. The van der Waals surface area contributed by atoms with Crippen molar-refractivity contribution in [3.8, 4) is 0 Å². The van der Waals surface area contributed by atoms with Crippen LogP contribution in [0.2, 0.25) is 0 Å². The van der Waals surface area contributed by atoms with Gasteiger partial charge in [-0.05, 0) is 18.2 Å². The number of hydrogen-bond donors (Lipinski definition) is 3. The molecule has 4 N–H and O–H groups in total. The standard InChI is InChI=1S/C10H11N5O3S2/c1-12-10-15-14-9(19-10)8(16)13-6-3-2-4-7(5-6)20(11,17)18/h2-5H,1H3,(H,12,15)(H,13,16)(H2,11,17,18).